The predicted molar refractivity (Wildman–Crippen MR) is 87.1 cm³/mol. The van der Waals surface area contributed by atoms with Gasteiger partial charge in [-0.3, -0.25) is 4.57 Å². The highest BCUT2D eigenvalue weighted by atomic mass is 15.2. The predicted octanol–water partition coefficient (Wildman–Crippen LogP) is 2.51. The first-order valence-corrected chi connectivity index (χ1v) is 7.47. The van der Waals surface area contributed by atoms with Crippen LogP contribution in [0.25, 0.3) is 17.3 Å². The van der Waals surface area contributed by atoms with Crippen molar-refractivity contribution < 1.29 is 0 Å². The van der Waals surface area contributed by atoms with Crippen molar-refractivity contribution >= 4 is 5.82 Å². The number of anilines is 1. The fourth-order valence-corrected chi connectivity index (χ4v) is 2.51. The largest absolute Gasteiger partial charge is 0.357 e. The highest BCUT2D eigenvalue weighted by Gasteiger charge is 2.12. The molecule has 0 atom stereocenters. The van der Waals surface area contributed by atoms with Crippen molar-refractivity contribution in [2.75, 3.05) is 18.0 Å². The third kappa shape index (κ3) is 2.47. The Hall–Kier alpha value is -2.63. The van der Waals surface area contributed by atoms with Gasteiger partial charge in [-0.2, -0.15) is 0 Å². The molecule has 0 radical (unpaired) electrons. The van der Waals surface area contributed by atoms with Crippen LogP contribution in [-0.4, -0.2) is 37.2 Å². The normalized spacial score (nSPS) is 10.9. The summed E-state index contributed by atoms with van der Waals surface area (Å²) in [5.74, 6) is 2.63. The summed E-state index contributed by atoms with van der Waals surface area (Å²) >= 11 is 0. The van der Waals surface area contributed by atoms with E-state index in [9.17, 15) is 0 Å². The fourth-order valence-electron chi connectivity index (χ4n) is 2.51. The highest BCUT2D eigenvalue weighted by Crippen LogP contribution is 2.20. The summed E-state index contributed by atoms with van der Waals surface area (Å²) in [5.41, 5.74) is 0.978. The van der Waals surface area contributed by atoms with Gasteiger partial charge in [0.15, 0.2) is 11.6 Å². The number of hydrogen-bond donors (Lipinski definition) is 0. The molecular weight excluding hydrogens is 276 g/mol. The van der Waals surface area contributed by atoms with Gasteiger partial charge in [-0.1, -0.05) is 0 Å². The van der Waals surface area contributed by atoms with Gasteiger partial charge in [0.25, 0.3) is 0 Å². The molecule has 22 heavy (non-hydrogen) atoms. The highest BCUT2D eigenvalue weighted by molar-refractivity contribution is 5.52. The molecule has 3 aromatic rings. The molecule has 3 heterocycles. The first kappa shape index (κ1) is 14.3. The van der Waals surface area contributed by atoms with Gasteiger partial charge in [-0.15, -0.1) is 0 Å². The zero-order chi connectivity index (χ0) is 15.5. The number of hydrogen-bond acceptors (Lipinski definition) is 4. The van der Waals surface area contributed by atoms with Gasteiger partial charge < -0.3 is 9.47 Å². The lowest BCUT2D eigenvalue weighted by Crippen LogP contribution is -2.22. The Labute approximate surface area is 130 Å². The third-order valence-corrected chi connectivity index (χ3v) is 3.76. The summed E-state index contributed by atoms with van der Waals surface area (Å²) in [6.07, 6.45) is 9.27. The minimum Gasteiger partial charge on any atom is -0.357 e. The second-order valence-corrected chi connectivity index (χ2v) is 5.03. The third-order valence-electron chi connectivity index (χ3n) is 3.76. The Bertz CT molecular complexity index is 736. The zero-order valence-corrected chi connectivity index (χ0v) is 13.1. The molecule has 0 aliphatic carbocycles. The second-order valence-electron chi connectivity index (χ2n) is 5.03. The Morgan fingerprint density at radius 1 is 0.955 bits per heavy atom. The molecule has 0 aromatic carbocycles. The SMILES string of the molecule is CCN(CC)c1ccc(-n2ccnc2-c2nccn2C)cn1. The van der Waals surface area contributed by atoms with Gasteiger partial charge in [0.2, 0.25) is 0 Å². The van der Waals surface area contributed by atoms with E-state index in [0.717, 1.165) is 36.2 Å². The van der Waals surface area contributed by atoms with E-state index in [1.165, 1.54) is 0 Å². The second kappa shape index (κ2) is 6.01. The summed E-state index contributed by atoms with van der Waals surface area (Å²) in [7, 11) is 1.96. The van der Waals surface area contributed by atoms with Crippen molar-refractivity contribution in [2.24, 2.45) is 7.05 Å². The summed E-state index contributed by atoms with van der Waals surface area (Å²) in [6, 6.07) is 4.11. The summed E-state index contributed by atoms with van der Waals surface area (Å²) in [4.78, 5) is 15.6. The summed E-state index contributed by atoms with van der Waals surface area (Å²) in [6.45, 7) is 6.17. The Morgan fingerprint density at radius 3 is 2.27 bits per heavy atom. The van der Waals surface area contributed by atoms with Crippen LogP contribution >= 0.6 is 0 Å². The van der Waals surface area contributed by atoms with Gasteiger partial charge in [-0.05, 0) is 26.0 Å². The molecule has 114 valence electrons. The van der Waals surface area contributed by atoms with E-state index in [-0.39, 0.29) is 0 Å². The van der Waals surface area contributed by atoms with E-state index in [1.807, 2.05) is 40.8 Å². The van der Waals surface area contributed by atoms with E-state index in [4.69, 9.17) is 0 Å². The lowest BCUT2D eigenvalue weighted by molar-refractivity contribution is 0.843. The maximum Gasteiger partial charge on any atom is 0.181 e. The average molecular weight is 296 g/mol. The minimum atomic E-state index is 0.810. The van der Waals surface area contributed by atoms with Crippen LogP contribution in [0.4, 0.5) is 5.82 Å². The molecule has 0 aliphatic heterocycles. The van der Waals surface area contributed by atoms with Crippen LogP contribution in [0.2, 0.25) is 0 Å². The first-order chi connectivity index (χ1) is 10.7. The summed E-state index contributed by atoms with van der Waals surface area (Å²) in [5, 5.41) is 0. The van der Waals surface area contributed by atoms with E-state index in [1.54, 1.807) is 12.4 Å². The number of rotatable bonds is 5. The molecule has 3 aromatic heterocycles. The number of nitrogens with zero attached hydrogens (tertiary/aromatic N) is 6. The number of pyridine rings is 1. The lowest BCUT2D eigenvalue weighted by atomic mass is 10.3. The number of aryl methyl sites for hydroxylation is 1. The van der Waals surface area contributed by atoms with E-state index in [2.05, 4.69) is 39.8 Å². The van der Waals surface area contributed by atoms with Crippen LogP contribution in [0.5, 0.6) is 0 Å². The van der Waals surface area contributed by atoms with Gasteiger partial charge in [0.05, 0.1) is 11.9 Å². The molecule has 0 saturated heterocycles. The standard InChI is InChI=1S/C16H20N6/c1-4-21(5-2)14-7-6-13(12-19-14)22-11-9-18-16(22)15-17-8-10-20(15)3/h6-12H,4-5H2,1-3H3. The molecule has 6 heteroatoms. The van der Waals surface area contributed by atoms with E-state index < -0.39 is 0 Å². The maximum atomic E-state index is 4.57. The van der Waals surface area contributed by atoms with Crippen molar-refractivity contribution in [2.45, 2.75) is 13.8 Å². The van der Waals surface area contributed by atoms with Gasteiger partial charge in [-0.25, -0.2) is 15.0 Å². The Balaban J connectivity index is 1.96. The number of aromatic nitrogens is 5. The smallest absolute Gasteiger partial charge is 0.181 e. The molecule has 6 nitrogen and oxygen atoms in total. The molecule has 0 N–H and O–H groups in total. The van der Waals surface area contributed by atoms with Crippen molar-refractivity contribution in [1.29, 1.82) is 0 Å². The Morgan fingerprint density at radius 2 is 1.68 bits per heavy atom. The van der Waals surface area contributed by atoms with Gasteiger partial charge in [0, 0.05) is 44.9 Å². The monoisotopic (exact) mass is 296 g/mol. The van der Waals surface area contributed by atoms with Crippen molar-refractivity contribution in [3.8, 4) is 17.3 Å². The molecule has 0 unspecified atom stereocenters. The zero-order valence-electron chi connectivity index (χ0n) is 13.1. The topological polar surface area (TPSA) is 51.8 Å². The molecule has 0 aliphatic rings. The van der Waals surface area contributed by atoms with Crippen LogP contribution in [0.3, 0.4) is 0 Å². The van der Waals surface area contributed by atoms with E-state index in [0.29, 0.717) is 0 Å². The van der Waals surface area contributed by atoms with Gasteiger partial charge >= 0.3 is 0 Å². The minimum absolute atomic E-state index is 0.810. The summed E-state index contributed by atoms with van der Waals surface area (Å²) < 4.78 is 3.96. The molecule has 3 rings (SSSR count). The molecular formula is C16H20N6. The molecule has 0 fully saturated rings. The molecule has 0 bridgehead atoms. The lowest BCUT2D eigenvalue weighted by Gasteiger charge is -2.19. The van der Waals surface area contributed by atoms with Crippen LogP contribution in [0.15, 0.2) is 43.1 Å². The van der Waals surface area contributed by atoms with Gasteiger partial charge in [0.1, 0.15) is 5.82 Å². The van der Waals surface area contributed by atoms with Crippen molar-refractivity contribution in [3.05, 3.63) is 43.1 Å². The molecule has 0 saturated carbocycles. The molecule has 0 spiro atoms. The van der Waals surface area contributed by atoms with E-state index >= 15 is 0 Å². The van der Waals surface area contributed by atoms with Crippen LogP contribution in [-0.2, 0) is 7.05 Å². The van der Waals surface area contributed by atoms with Crippen molar-refractivity contribution in [3.63, 3.8) is 0 Å². The number of imidazole rings is 2. The molecule has 0 amide bonds. The fraction of sp³-hybridized carbons (Fsp3) is 0.312. The average Bonchev–Trinajstić information content (AvgIpc) is 3.17. The van der Waals surface area contributed by atoms with Crippen LogP contribution in [0.1, 0.15) is 13.8 Å². The van der Waals surface area contributed by atoms with Crippen molar-refractivity contribution in [1.82, 2.24) is 24.1 Å². The van der Waals surface area contributed by atoms with Crippen LogP contribution in [0, 0.1) is 0 Å². The quantitative estimate of drug-likeness (QED) is 0.726. The first-order valence-electron chi connectivity index (χ1n) is 7.47. The Kier molecular flexibility index (Phi) is 3.91. The van der Waals surface area contributed by atoms with Crippen LogP contribution < -0.4 is 4.90 Å². The maximum absolute atomic E-state index is 4.57.